The van der Waals surface area contributed by atoms with Crippen LogP contribution in [0.3, 0.4) is 0 Å². The van der Waals surface area contributed by atoms with Crippen LogP contribution in [0.1, 0.15) is 6.92 Å². The summed E-state index contributed by atoms with van der Waals surface area (Å²) in [6, 6.07) is 8.99. The number of hydrogen-bond acceptors (Lipinski definition) is 0. The number of halogens is 1. The van der Waals surface area contributed by atoms with E-state index in [2.05, 4.69) is 41.1 Å². The van der Waals surface area contributed by atoms with Crippen LogP contribution in [-0.2, 0) is 0 Å². The molecule has 2 aromatic rings. The summed E-state index contributed by atoms with van der Waals surface area (Å²) in [5, 5.41) is 1.36. The molecule has 0 spiro atoms. The molecule has 0 aliphatic heterocycles. The second-order valence-corrected chi connectivity index (χ2v) is 9.20. The van der Waals surface area contributed by atoms with Crippen molar-refractivity contribution >= 4 is 30.7 Å². The molecule has 1 heterocycles. The van der Waals surface area contributed by atoms with E-state index in [9.17, 15) is 0 Å². The van der Waals surface area contributed by atoms with E-state index in [4.69, 9.17) is 0 Å². The van der Waals surface area contributed by atoms with Crippen LogP contribution in [0.2, 0.25) is 0 Å². The van der Waals surface area contributed by atoms with E-state index in [0.29, 0.717) is 0 Å². The zero-order chi connectivity index (χ0) is 9.26. The third-order valence-corrected chi connectivity index (χ3v) is 7.37. The molecule has 0 bridgehead atoms. The summed E-state index contributed by atoms with van der Waals surface area (Å²) >= 11 is -0.803. The van der Waals surface area contributed by atoms with Gasteiger partial charge in [-0.25, -0.2) is 0 Å². The summed E-state index contributed by atoms with van der Waals surface area (Å²) in [5.74, 6) is 0. The van der Waals surface area contributed by atoms with Crippen LogP contribution >= 0.6 is 19.8 Å². The average Bonchev–Trinajstić information content (AvgIpc) is 2.63. The van der Waals surface area contributed by atoms with E-state index in [-0.39, 0.29) is 0 Å². The Morgan fingerprint density at radius 1 is 1.31 bits per heavy atom. The molecule has 0 saturated carbocycles. The molecule has 2 heteroatoms. The zero-order valence-electron chi connectivity index (χ0n) is 7.97. The van der Waals surface area contributed by atoms with Crippen molar-refractivity contribution < 1.29 is 0 Å². The molecule has 1 nitrogen and oxygen atoms in total. The molecule has 0 radical (unpaired) electrons. The Labute approximate surface area is 85.9 Å². The first-order valence-electron chi connectivity index (χ1n) is 4.44. The summed E-state index contributed by atoms with van der Waals surface area (Å²) in [7, 11) is 0. The van der Waals surface area contributed by atoms with Crippen LogP contribution < -0.4 is 0 Å². The minimum absolute atomic E-state index is 0.803. The van der Waals surface area contributed by atoms with Crippen molar-refractivity contribution in [3.8, 4) is 0 Å². The maximum atomic E-state index is 3.22. The van der Waals surface area contributed by atoms with Crippen molar-refractivity contribution in [2.24, 2.45) is 0 Å². The summed E-state index contributed by atoms with van der Waals surface area (Å²) in [5.41, 5.74) is 1.25. The van der Waals surface area contributed by atoms with Crippen LogP contribution in [-0.4, -0.2) is 14.3 Å². The Morgan fingerprint density at radius 2 is 2.15 bits per heavy atom. The van der Waals surface area contributed by atoms with Crippen molar-refractivity contribution in [3.05, 3.63) is 34.0 Å². The van der Waals surface area contributed by atoms with E-state index < -0.39 is 19.8 Å². The molecule has 1 aromatic carbocycles. The van der Waals surface area contributed by atoms with Crippen LogP contribution in [0.25, 0.3) is 10.9 Å². The van der Waals surface area contributed by atoms with Gasteiger partial charge < -0.3 is 0 Å². The molecule has 0 unspecified atom stereocenters. The van der Waals surface area contributed by atoms with Crippen molar-refractivity contribution in [3.63, 3.8) is 0 Å². The van der Waals surface area contributed by atoms with Crippen molar-refractivity contribution in [2.75, 3.05) is 9.36 Å². The number of rotatable bonds is 2. The molecule has 1 N–H and O–H groups in total. The number of benzene rings is 1. The summed E-state index contributed by atoms with van der Waals surface area (Å²) in [6.07, 6.45) is 2.01. The van der Waals surface area contributed by atoms with E-state index >= 15 is 0 Å². The fourth-order valence-electron chi connectivity index (χ4n) is 1.38. The molecule has 1 aromatic heterocycles. The molecular formula is C11H14IN. The van der Waals surface area contributed by atoms with Gasteiger partial charge in [-0.15, -0.1) is 0 Å². The van der Waals surface area contributed by atoms with Gasteiger partial charge in [0, 0.05) is 0 Å². The first-order valence-corrected chi connectivity index (χ1v) is 9.20. The van der Waals surface area contributed by atoms with Crippen LogP contribution in [0.15, 0.2) is 30.5 Å². The predicted molar refractivity (Wildman–Crippen MR) is 67.5 cm³/mol. The quantitative estimate of drug-likeness (QED) is 0.643. The van der Waals surface area contributed by atoms with E-state index in [0.717, 1.165) is 0 Å². The van der Waals surface area contributed by atoms with E-state index in [1.54, 1.807) is 3.57 Å². The van der Waals surface area contributed by atoms with Crippen molar-refractivity contribution in [2.45, 2.75) is 6.92 Å². The fraction of sp³-hybridized carbons (Fsp3) is 0.273. The van der Waals surface area contributed by atoms with Gasteiger partial charge in [0.15, 0.2) is 0 Å². The van der Waals surface area contributed by atoms with Gasteiger partial charge in [-0.1, -0.05) is 0 Å². The van der Waals surface area contributed by atoms with Crippen molar-refractivity contribution in [1.82, 2.24) is 4.98 Å². The molecule has 0 atom stereocenters. The van der Waals surface area contributed by atoms with Gasteiger partial charge in [-0.05, 0) is 0 Å². The van der Waals surface area contributed by atoms with Gasteiger partial charge in [-0.3, -0.25) is 0 Å². The summed E-state index contributed by atoms with van der Waals surface area (Å²) < 4.78 is 2.96. The Bertz CT molecular complexity index is 405. The van der Waals surface area contributed by atoms with Gasteiger partial charge in [0.2, 0.25) is 0 Å². The third kappa shape index (κ3) is 1.73. The molecule has 13 heavy (non-hydrogen) atoms. The van der Waals surface area contributed by atoms with Gasteiger partial charge in [-0.2, -0.15) is 0 Å². The number of aromatic amines is 1. The molecular weight excluding hydrogens is 273 g/mol. The maximum absolute atomic E-state index is 3.22. The third-order valence-electron chi connectivity index (χ3n) is 2.29. The number of nitrogens with one attached hydrogen (secondary N) is 1. The average molecular weight is 287 g/mol. The number of aromatic nitrogens is 1. The first kappa shape index (κ1) is 9.06. The molecule has 70 valence electrons. The molecule has 0 amide bonds. The van der Waals surface area contributed by atoms with Crippen LogP contribution in [0, 0.1) is 3.57 Å². The Kier molecular flexibility index (Phi) is 2.58. The molecule has 0 aliphatic carbocycles. The number of hydrogen-bond donors (Lipinski definition) is 1. The van der Waals surface area contributed by atoms with Gasteiger partial charge in [0.1, 0.15) is 0 Å². The first-order chi connectivity index (χ1) is 6.31. The molecule has 0 aliphatic rings. The minimum atomic E-state index is -0.803. The Morgan fingerprint density at radius 3 is 2.92 bits per heavy atom. The Hall–Kier alpha value is -0.510. The summed E-state index contributed by atoms with van der Waals surface area (Å²) in [4.78, 5) is 5.65. The monoisotopic (exact) mass is 287 g/mol. The van der Waals surface area contributed by atoms with E-state index in [1.807, 2.05) is 6.20 Å². The molecule has 0 fully saturated rings. The SMILES string of the molecule is CCI(C)c1ccc2[nH]ccc2c1. The molecule has 0 saturated heterocycles. The standard InChI is InChI=1S/C11H14IN/c1-3-12(2)10-4-5-11-9(8-10)6-7-13-11/h4-8,13H,3H2,1-2H3. The summed E-state index contributed by atoms with van der Waals surface area (Å²) in [6.45, 7) is 2.30. The second kappa shape index (κ2) is 3.70. The molecule has 2 rings (SSSR count). The van der Waals surface area contributed by atoms with Crippen LogP contribution in [0.5, 0.6) is 0 Å². The van der Waals surface area contributed by atoms with Crippen LogP contribution in [0.4, 0.5) is 0 Å². The van der Waals surface area contributed by atoms with Crippen molar-refractivity contribution in [1.29, 1.82) is 0 Å². The predicted octanol–water partition coefficient (Wildman–Crippen LogP) is 3.49. The Balaban J connectivity index is 2.48. The number of H-pyrrole nitrogens is 1. The normalized spacial score (nSPS) is 12.0. The topological polar surface area (TPSA) is 15.8 Å². The second-order valence-electron chi connectivity index (χ2n) is 3.07. The number of fused-ring (bicyclic) bond motifs is 1. The van der Waals surface area contributed by atoms with E-state index in [1.165, 1.54) is 15.3 Å². The number of alkyl halides is 2. The van der Waals surface area contributed by atoms with Gasteiger partial charge >= 0.3 is 86.0 Å². The fourth-order valence-corrected chi connectivity index (χ4v) is 3.92. The van der Waals surface area contributed by atoms with Gasteiger partial charge in [0.05, 0.1) is 0 Å². The van der Waals surface area contributed by atoms with Gasteiger partial charge in [0.25, 0.3) is 0 Å². The zero-order valence-corrected chi connectivity index (χ0v) is 10.1.